The van der Waals surface area contributed by atoms with E-state index in [0.717, 1.165) is 23.7 Å². The molecule has 2 N–H and O–H groups in total. The summed E-state index contributed by atoms with van der Waals surface area (Å²) in [5.41, 5.74) is 6.22. The lowest BCUT2D eigenvalue weighted by molar-refractivity contribution is 0.147. The van der Waals surface area contributed by atoms with Gasteiger partial charge in [0, 0.05) is 6.04 Å². The van der Waals surface area contributed by atoms with Crippen molar-refractivity contribution in [1.29, 1.82) is 0 Å². The quantitative estimate of drug-likeness (QED) is 0.759. The van der Waals surface area contributed by atoms with Crippen LogP contribution in [0.5, 0.6) is 0 Å². The van der Waals surface area contributed by atoms with Crippen molar-refractivity contribution in [2.24, 2.45) is 29.4 Å². The van der Waals surface area contributed by atoms with Gasteiger partial charge in [0.2, 0.25) is 0 Å². The Hall–Kier alpha value is -0.0400. The molecule has 0 amide bonds. The Morgan fingerprint density at radius 3 is 2.18 bits per heavy atom. The fraction of sp³-hybridized carbons (Fsp3) is 1.00. The number of nitrogens with two attached hydrogens (primary N) is 1. The molecule has 100 valence electrons. The average Bonchev–Trinajstić information content (AvgIpc) is 2.39. The minimum atomic E-state index is 0.469. The maximum Gasteiger partial charge on any atom is 0.00645 e. The summed E-state index contributed by atoms with van der Waals surface area (Å²) >= 11 is 0. The van der Waals surface area contributed by atoms with Crippen LogP contribution < -0.4 is 5.73 Å². The van der Waals surface area contributed by atoms with E-state index < -0.39 is 0 Å². The van der Waals surface area contributed by atoms with Crippen LogP contribution in [0.15, 0.2) is 0 Å². The second kappa shape index (κ2) is 6.22. The zero-order chi connectivity index (χ0) is 12.3. The van der Waals surface area contributed by atoms with Gasteiger partial charge in [-0.25, -0.2) is 0 Å². The van der Waals surface area contributed by atoms with Gasteiger partial charge in [0.05, 0.1) is 0 Å². The van der Waals surface area contributed by atoms with Gasteiger partial charge < -0.3 is 5.73 Å². The Morgan fingerprint density at radius 2 is 1.53 bits per heavy atom. The van der Waals surface area contributed by atoms with Crippen LogP contribution in [0.3, 0.4) is 0 Å². The highest BCUT2D eigenvalue weighted by atomic mass is 14.6. The Bertz CT molecular complexity index is 226. The summed E-state index contributed by atoms with van der Waals surface area (Å²) in [5.74, 6) is 3.83. The molecule has 0 saturated heterocycles. The van der Waals surface area contributed by atoms with Crippen LogP contribution in [0, 0.1) is 23.7 Å². The number of rotatable bonds is 2. The number of hydrogen-bond acceptors (Lipinski definition) is 1. The van der Waals surface area contributed by atoms with Gasteiger partial charge in [-0.2, -0.15) is 0 Å². The van der Waals surface area contributed by atoms with Crippen LogP contribution in [0.2, 0.25) is 0 Å². The second-order valence-electron chi connectivity index (χ2n) is 6.92. The molecule has 2 aliphatic carbocycles. The van der Waals surface area contributed by atoms with Gasteiger partial charge in [0.25, 0.3) is 0 Å². The van der Waals surface area contributed by atoms with Crippen LogP contribution in [0.1, 0.15) is 71.6 Å². The van der Waals surface area contributed by atoms with E-state index in [-0.39, 0.29) is 0 Å². The van der Waals surface area contributed by atoms with Gasteiger partial charge in [-0.1, -0.05) is 46.0 Å². The molecule has 2 saturated carbocycles. The lowest BCUT2D eigenvalue weighted by Gasteiger charge is -2.36. The smallest absolute Gasteiger partial charge is 0.00645 e. The summed E-state index contributed by atoms with van der Waals surface area (Å²) in [4.78, 5) is 0. The lowest BCUT2D eigenvalue weighted by Crippen LogP contribution is -2.28. The SMILES string of the molecule is CC1CCC1CC1CCCCC(N)[C@@H](C)CC1. The van der Waals surface area contributed by atoms with Crippen molar-refractivity contribution in [3.63, 3.8) is 0 Å². The highest BCUT2D eigenvalue weighted by Gasteiger charge is 2.29. The first-order valence-corrected chi connectivity index (χ1v) is 7.92. The van der Waals surface area contributed by atoms with Crippen molar-refractivity contribution in [3.05, 3.63) is 0 Å². The van der Waals surface area contributed by atoms with Gasteiger partial charge in [-0.15, -0.1) is 0 Å². The standard InChI is InChI=1S/C16H31N/c1-12-8-10-15(12)11-14-5-3-4-6-16(17)13(2)7-9-14/h12-16H,3-11,17H2,1-2H3/t12?,13-,14?,15?,16?/m0/s1. The van der Waals surface area contributed by atoms with Crippen LogP contribution in [-0.2, 0) is 0 Å². The van der Waals surface area contributed by atoms with E-state index in [0.29, 0.717) is 6.04 Å². The molecule has 0 heterocycles. The van der Waals surface area contributed by atoms with Gasteiger partial charge in [-0.3, -0.25) is 0 Å². The summed E-state index contributed by atoms with van der Waals surface area (Å²) in [6.07, 6.45) is 12.8. The molecular formula is C16H31N. The van der Waals surface area contributed by atoms with Crippen LogP contribution in [0.4, 0.5) is 0 Å². The van der Waals surface area contributed by atoms with Crippen molar-refractivity contribution in [1.82, 2.24) is 0 Å². The van der Waals surface area contributed by atoms with Crippen molar-refractivity contribution in [2.45, 2.75) is 77.7 Å². The molecule has 2 aliphatic rings. The molecule has 0 aromatic rings. The Kier molecular flexibility index (Phi) is 4.90. The van der Waals surface area contributed by atoms with Crippen LogP contribution >= 0.6 is 0 Å². The van der Waals surface area contributed by atoms with E-state index in [1.54, 1.807) is 0 Å². The molecule has 0 bridgehead atoms. The minimum absolute atomic E-state index is 0.469. The molecule has 0 aromatic carbocycles. The first-order valence-electron chi connectivity index (χ1n) is 7.92. The van der Waals surface area contributed by atoms with E-state index in [1.807, 2.05) is 0 Å². The highest BCUT2D eigenvalue weighted by Crippen LogP contribution is 2.40. The molecule has 2 fully saturated rings. The van der Waals surface area contributed by atoms with Crippen molar-refractivity contribution >= 4 is 0 Å². The molecular weight excluding hydrogens is 206 g/mol. The predicted octanol–water partition coefficient (Wildman–Crippen LogP) is 4.36. The fourth-order valence-electron chi connectivity index (χ4n) is 3.70. The molecule has 1 nitrogen and oxygen atoms in total. The monoisotopic (exact) mass is 237 g/mol. The highest BCUT2D eigenvalue weighted by molar-refractivity contribution is 4.81. The van der Waals surface area contributed by atoms with Crippen molar-refractivity contribution < 1.29 is 0 Å². The first-order chi connectivity index (χ1) is 8.16. The minimum Gasteiger partial charge on any atom is -0.327 e. The third-order valence-corrected chi connectivity index (χ3v) is 5.59. The summed E-state index contributed by atoms with van der Waals surface area (Å²) in [6.45, 7) is 4.81. The zero-order valence-corrected chi connectivity index (χ0v) is 11.8. The van der Waals surface area contributed by atoms with Crippen molar-refractivity contribution in [2.75, 3.05) is 0 Å². The molecule has 0 aliphatic heterocycles. The topological polar surface area (TPSA) is 26.0 Å². The number of hydrogen-bond donors (Lipinski definition) is 1. The predicted molar refractivity (Wildman–Crippen MR) is 74.8 cm³/mol. The van der Waals surface area contributed by atoms with Gasteiger partial charge in [-0.05, 0) is 49.4 Å². The molecule has 0 radical (unpaired) electrons. The van der Waals surface area contributed by atoms with Gasteiger partial charge in [0.15, 0.2) is 0 Å². The zero-order valence-electron chi connectivity index (χ0n) is 11.8. The molecule has 1 heteroatoms. The third-order valence-electron chi connectivity index (χ3n) is 5.59. The summed E-state index contributed by atoms with van der Waals surface area (Å²) < 4.78 is 0. The molecule has 17 heavy (non-hydrogen) atoms. The fourth-order valence-corrected chi connectivity index (χ4v) is 3.70. The van der Waals surface area contributed by atoms with Crippen LogP contribution in [-0.4, -0.2) is 6.04 Å². The van der Waals surface area contributed by atoms with Crippen molar-refractivity contribution in [3.8, 4) is 0 Å². The summed E-state index contributed by atoms with van der Waals surface area (Å²) in [7, 11) is 0. The molecule has 5 atom stereocenters. The maximum absolute atomic E-state index is 6.22. The average molecular weight is 237 g/mol. The Morgan fingerprint density at radius 1 is 0.824 bits per heavy atom. The maximum atomic E-state index is 6.22. The lowest BCUT2D eigenvalue weighted by atomic mass is 9.69. The molecule has 0 aromatic heterocycles. The summed E-state index contributed by atoms with van der Waals surface area (Å²) in [6, 6.07) is 0.469. The van der Waals surface area contributed by atoms with Crippen LogP contribution in [0.25, 0.3) is 0 Å². The Labute approximate surface area is 108 Å². The van der Waals surface area contributed by atoms with E-state index in [1.165, 1.54) is 57.8 Å². The van der Waals surface area contributed by atoms with E-state index >= 15 is 0 Å². The molecule has 4 unspecified atom stereocenters. The van der Waals surface area contributed by atoms with E-state index in [4.69, 9.17) is 5.73 Å². The molecule has 0 spiro atoms. The van der Waals surface area contributed by atoms with E-state index in [2.05, 4.69) is 13.8 Å². The largest absolute Gasteiger partial charge is 0.327 e. The van der Waals surface area contributed by atoms with Gasteiger partial charge >= 0.3 is 0 Å². The van der Waals surface area contributed by atoms with E-state index in [9.17, 15) is 0 Å². The first kappa shape index (κ1) is 13.4. The van der Waals surface area contributed by atoms with Gasteiger partial charge in [0.1, 0.15) is 0 Å². The molecule has 2 rings (SSSR count). The summed E-state index contributed by atoms with van der Waals surface area (Å²) in [5, 5.41) is 0. The Balaban J connectivity index is 1.80. The normalized spacial score (nSPS) is 44.3. The third kappa shape index (κ3) is 3.71. The second-order valence-corrected chi connectivity index (χ2v) is 6.92.